The molecule has 0 fully saturated rings. The van der Waals surface area contributed by atoms with E-state index in [2.05, 4.69) is 10.5 Å². The molecule has 122 valence electrons. The number of hydrogen-bond acceptors (Lipinski definition) is 3. The van der Waals surface area contributed by atoms with E-state index in [-0.39, 0.29) is 5.76 Å². The molecule has 3 aromatic carbocycles. The van der Waals surface area contributed by atoms with E-state index in [1.54, 1.807) is 12.1 Å². The summed E-state index contributed by atoms with van der Waals surface area (Å²) in [5.74, 6) is -0.203. The van der Waals surface area contributed by atoms with Crippen LogP contribution in [0.2, 0.25) is 5.02 Å². The summed E-state index contributed by atoms with van der Waals surface area (Å²) in [7, 11) is 0. The predicted octanol–water partition coefficient (Wildman–Crippen LogP) is 5.00. The Morgan fingerprint density at radius 2 is 1.80 bits per heavy atom. The lowest BCUT2D eigenvalue weighted by molar-refractivity contribution is 0.0929. The van der Waals surface area contributed by atoms with E-state index in [0.29, 0.717) is 10.6 Å². The minimum absolute atomic E-state index is 0.211. The Hall–Kier alpha value is -3.11. The van der Waals surface area contributed by atoms with Crippen molar-refractivity contribution in [3.05, 3.63) is 83.1 Å². The van der Waals surface area contributed by atoms with Crippen LogP contribution in [-0.4, -0.2) is 12.1 Å². The molecule has 0 bridgehead atoms. The minimum atomic E-state index is -0.413. The summed E-state index contributed by atoms with van der Waals surface area (Å²) in [6, 6.07) is 20.8. The van der Waals surface area contributed by atoms with Gasteiger partial charge in [-0.3, -0.25) is 4.79 Å². The van der Waals surface area contributed by atoms with Gasteiger partial charge in [-0.05, 0) is 29.0 Å². The zero-order valence-electron chi connectivity index (χ0n) is 13.1. The quantitative estimate of drug-likeness (QED) is 0.418. The van der Waals surface area contributed by atoms with Crippen LogP contribution in [-0.2, 0) is 0 Å². The highest BCUT2D eigenvalue weighted by molar-refractivity contribution is 6.33. The third kappa shape index (κ3) is 2.99. The van der Waals surface area contributed by atoms with Crippen molar-refractivity contribution in [3.63, 3.8) is 0 Å². The first-order chi connectivity index (χ1) is 12.2. The second kappa shape index (κ2) is 6.42. The average Bonchev–Trinajstić information content (AvgIpc) is 3.08. The number of rotatable bonds is 3. The molecule has 1 N–H and O–H groups in total. The number of carbonyl (C=O) groups is 1. The highest BCUT2D eigenvalue weighted by Gasteiger charge is 2.13. The molecule has 0 spiro atoms. The minimum Gasteiger partial charge on any atom is -0.451 e. The average molecular weight is 349 g/mol. The summed E-state index contributed by atoms with van der Waals surface area (Å²) < 4.78 is 5.65. The number of amides is 1. The van der Waals surface area contributed by atoms with E-state index in [1.807, 2.05) is 54.6 Å². The van der Waals surface area contributed by atoms with Gasteiger partial charge in [-0.25, -0.2) is 5.43 Å². The molecule has 1 amide bonds. The van der Waals surface area contributed by atoms with Crippen molar-refractivity contribution in [2.24, 2.45) is 5.10 Å². The Kier molecular flexibility index (Phi) is 3.96. The van der Waals surface area contributed by atoms with Crippen LogP contribution < -0.4 is 5.43 Å². The highest BCUT2D eigenvalue weighted by Crippen LogP contribution is 2.28. The fourth-order valence-electron chi connectivity index (χ4n) is 2.70. The molecule has 1 heterocycles. The van der Waals surface area contributed by atoms with E-state index in [1.165, 1.54) is 6.21 Å². The first-order valence-electron chi connectivity index (χ1n) is 7.71. The molecule has 0 radical (unpaired) electrons. The lowest BCUT2D eigenvalue weighted by Gasteiger charge is -1.97. The molecular formula is C20H13ClN2O2. The van der Waals surface area contributed by atoms with Crippen LogP contribution in [0.4, 0.5) is 0 Å². The van der Waals surface area contributed by atoms with Gasteiger partial charge >= 0.3 is 5.91 Å². The van der Waals surface area contributed by atoms with E-state index in [0.717, 1.165) is 21.7 Å². The van der Waals surface area contributed by atoms with Gasteiger partial charge in [-0.15, -0.1) is 0 Å². The van der Waals surface area contributed by atoms with Crippen molar-refractivity contribution < 1.29 is 9.21 Å². The molecule has 25 heavy (non-hydrogen) atoms. The van der Waals surface area contributed by atoms with Crippen LogP contribution in [0, 0.1) is 0 Å². The van der Waals surface area contributed by atoms with Crippen LogP contribution in [0.5, 0.6) is 0 Å². The maximum Gasteiger partial charge on any atom is 0.307 e. The van der Waals surface area contributed by atoms with Crippen LogP contribution in [0.25, 0.3) is 21.7 Å². The van der Waals surface area contributed by atoms with Gasteiger partial charge in [0.15, 0.2) is 5.76 Å². The Bertz CT molecular complexity index is 1120. The van der Waals surface area contributed by atoms with Crippen LogP contribution in [0.15, 0.2) is 76.2 Å². The Morgan fingerprint density at radius 1 is 1.00 bits per heavy atom. The Labute approximate surface area is 148 Å². The number of halogens is 1. The third-order valence-corrected chi connectivity index (χ3v) is 4.27. The number of hydrogen-bond donors (Lipinski definition) is 1. The second-order valence-electron chi connectivity index (χ2n) is 5.53. The standard InChI is InChI=1S/C20H13ClN2O2/c21-17-8-4-2-6-14(17)12-22-23-20(24)19-11-16-15-7-3-1-5-13(15)9-10-18(16)25-19/h1-12H,(H,23,24)/b22-12+. The number of carbonyl (C=O) groups excluding carboxylic acids is 1. The van der Waals surface area contributed by atoms with Gasteiger partial charge in [0.25, 0.3) is 0 Å². The monoisotopic (exact) mass is 348 g/mol. The van der Waals surface area contributed by atoms with Crippen molar-refractivity contribution in [2.45, 2.75) is 0 Å². The molecule has 0 unspecified atom stereocenters. The van der Waals surface area contributed by atoms with Gasteiger partial charge in [0.05, 0.1) is 6.21 Å². The first kappa shape index (κ1) is 15.4. The molecule has 0 saturated heterocycles. The van der Waals surface area contributed by atoms with Gasteiger partial charge in [0, 0.05) is 16.0 Å². The summed E-state index contributed by atoms with van der Waals surface area (Å²) in [4.78, 5) is 12.3. The fraction of sp³-hybridized carbons (Fsp3) is 0. The molecule has 1 aromatic heterocycles. The maximum absolute atomic E-state index is 12.3. The van der Waals surface area contributed by atoms with Crippen molar-refractivity contribution in [3.8, 4) is 0 Å². The van der Waals surface area contributed by atoms with E-state index < -0.39 is 5.91 Å². The number of fused-ring (bicyclic) bond motifs is 3. The second-order valence-corrected chi connectivity index (χ2v) is 5.94. The molecule has 5 heteroatoms. The summed E-state index contributed by atoms with van der Waals surface area (Å²) in [6.45, 7) is 0. The van der Waals surface area contributed by atoms with Gasteiger partial charge in [-0.1, -0.05) is 60.1 Å². The molecular weight excluding hydrogens is 336 g/mol. The third-order valence-electron chi connectivity index (χ3n) is 3.92. The lowest BCUT2D eigenvalue weighted by Crippen LogP contribution is -2.16. The smallest absolute Gasteiger partial charge is 0.307 e. The summed E-state index contributed by atoms with van der Waals surface area (Å²) in [5.41, 5.74) is 3.85. The zero-order valence-corrected chi connectivity index (χ0v) is 13.8. The highest BCUT2D eigenvalue weighted by atomic mass is 35.5. The number of hydrazone groups is 1. The summed E-state index contributed by atoms with van der Waals surface area (Å²) in [6.07, 6.45) is 1.50. The van der Waals surface area contributed by atoms with E-state index >= 15 is 0 Å². The van der Waals surface area contributed by atoms with Crippen molar-refractivity contribution in [1.82, 2.24) is 5.43 Å². The Morgan fingerprint density at radius 3 is 2.68 bits per heavy atom. The van der Waals surface area contributed by atoms with Crippen LogP contribution in [0.3, 0.4) is 0 Å². The predicted molar refractivity (Wildman–Crippen MR) is 100 cm³/mol. The molecule has 0 aliphatic heterocycles. The number of benzene rings is 3. The largest absolute Gasteiger partial charge is 0.451 e. The van der Waals surface area contributed by atoms with Gasteiger partial charge in [0.1, 0.15) is 5.58 Å². The SMILES string of the molecule is O=C(N/N=C/c1ccccc1Cl)c1cc2c(ccc3ccccc32)o1. The zero-order chi connectivity index (χ0) is 17.2. The molecule has 0 aliphatic carbocycles. The molecule has 4 rings (SSSR count). The lowest BCUT2D eigenvalue weighted by atomic mass is 10.1. The molecule has 4 nitrogen and oxygen atoms in total. The number of nitrogens with zero attached hydrogens (tertiary/aromatic N) is 1. The topological polar surface area (TPSA) is 54.6 Å². The van der Waals surface area contributed by atoms with Crippen LogP contribution >= 0.6 is 11.6 Å². The molecule has 0 aliphatic rings. The van der Waals surface area contributed by atoms with Gasteiger partial charge < -0.3 is 4.42 Å². The van der Waals surface area contributed by atoms with Gasteiger partial charge in [-0.2, -0.15) is 5.10 Å². The molecule has 0 atom stereocenters. The summed E-state index contributed by atoms with van der Waals surface area (Å²) in [5, 5.41) is 7.55. The van der Waals surface area contributed by atoms with Crippen LogP contribution in [0.1, 0.15) is 16.1 Å². The summed E-state index contributed by atoms with van der Waals surface area (Å²) >= 11 is 6.04. The number of nitrogens with one attached hydrogen (secondary N) is 1. The Balaban J connectivity index is 1.60. The van der Waals surface area contributed by atoms with Crippen molar-refractivity contribution in [1.29, 1.82) is 0 Å². The van der Waals surface area contributed by atoms with E-state index in [9.17, 15) is 4.79 Å². The fourth-order valence-corrected chi connectivity index (χ4v) is 2.88. The van der Waals surface area contributed by atoms with Crippen molar-refractivity contribution in [2.75, 3.05) is 0 Å². The van der Waals surface area contributed by atoms with Crippen molar-refractivity contribution >= 4 is 45.5 Å². The maximum atomic E-state index is 12.3. The molecule has 0 saturated carbocycles. The normalized spacial score (nSPS) is 11.4. The first-order valence-corrected chi connectivity index (χ1v) is 8.09. The number of furan rings is 1. The van der Waals surface area contributed by atoms with Gasteiger partial charge in [0.2, 0.25) is 0 Å². The molecule has 4 aromatic rings. The van der Waals surface area contributed by atoms with E-state index in [4.69, 9.17) is 16.0 Å².